The van der Waals surface area contributed by atoms with E-state index in [2.05, 4.69) is 0 Å². The van der Waals surface area contributed by atoms with Gasteiger partial charge in [-0.05, 0) is 56.4 Å². The standard InChI is InChI=1S/C25H23N2O/c1-14-9-10-19-24-21(12-18-8-6-7-15(2)23(18)26-24)28-25(19)22(14)20-11-16(3)17(4)13-27(20)5/h6-13H,1-5H3/q+1/i2D3,4D3. The molecule has 3 heterocycles. The van der Waals surface area contributed by atoms with Crippen LogP contribution in [0.15, 0.2) is 53.1 Å². The Kier molecular flexibility index (Phi) is 2.44. The Labute approximate surface area is 172 Å². The van der Waals surface area contributed by atoms with Gasteiger partial charge in [-0.1, -0.05) is 24.3 Å². The molecule has 138 valence electrons. The summed E-state index contributed by atoms with van der Waals surface area (Å²) in [5.74, 6) is 0. The molecular formula is C25H23N2O+. The molecule has 0 radical (unpaired) electrons. The van der Waals surface area contributed by atoms with Gasteiger partial charge in [0, 0.05) is 30.6 Å². The second-order valence-corrected chi connectivity index (χ2v) is 7.31. The van der Waals surface area contributed by atoms with Gasteiger partial charge in [-0.3, -0.25) is 0 Å². The SMILES string of the molecule is [2H]C([2H])([2H])c1c[n+](C)c(-c2c(C)ccc3c2oc2cc4cccc(C([2H])([2H])[2H])c4nc23)cc1C. The highest BCUT2D eigenvalue weighted by atomic mass is 16.3. The van der Waals surface area contributed by atoms with Gasteiger partial charge in [-0.25, -0.2) is 9.55 Å². The average molecular weight is 374 g/mol. The summed E-state index contributed by atoms with van der Waals surface area (Å²) in [4.78, 5) is 4.75. The zero-order valence-electron chi connectivity index (χ0n) is 21.9. The summed E-state index contributed by atoms with van der Waals surface area (Å²) < 4.78 is 55.3. The monoisotopic (exact) mass is 373 g/mol. The molecule has 0 aliphatic carbocycles. The molecule has 28 heavy (non-hydrogen) atoms. The molecule has 5 rings (SSSR count). The van der Waals surface area contributed by atoms with Crippen LogP contribution in [-0.2, 0) is 7.05 Å². The van der Waals surface area contributed by atoms with Crippen LogP contribution < -0.4 is 4.57 Å². The number of nitrogens with zero attached hydrogens (tertiary/aromatic N) is 2. The molecule has 0 bridgehead atoms. The lowest BCUT2D eigenvalue weighted by Gasteiger charge is -2.07. The molecule has 3 nitrogen and oxygen atoms in total. The number of hydrogen-bond donors (Lipinski definition) is 0. The molecule has 3 heteroatoms. The third kappa shape index (κ3) is 2.36. The van der Waals surface area contributed by atoms with Crippen molar-refractivity contribution in [2.45, 2.75) is 27.6 Å². The minimum Gasteiger partial charge on any atom is -0.453 e. The summed E-state index contributed by atoms with van der Waals surface area (Å²) in [6.07, 6.45) is 1.65. The van der Waals surface area contributed by atoms with Crippen LogP contribution in [0.3, 0.4) is 0 Å². The molecule has 0 atom stereocenters. The van der Waals surface area contributed by atoms with Gasteiger partial charge in [0.25, 0.3) is 0 Å². The normalized spacial score (nSPS) is 15.8. The molecule has 0 amide bonds. The Hall–Kier alpha value is -3.20. The maximum Gasteiger partial charge on any atom is 0.216 e. The molecule has 0 aliphatic heterocycles. The molecule has 3 aromatic heterocycles. The number of fused-ring (bicyclic) bond motifs is 4. The van der Waals surface area contributed by atoms with E-state index in [-0.39, 0.29) is 5.56 Å². The van der Waals surface area contributed by atoms with Crippen molar-refractivity contribution in [2.75, 3.05) is 0 Å². The second kappa shape index (κ2) is 5.90. The van der Waals surface area contributed by atoms with Crippen LogP contribution in [0.1, 0.15) is 30.5 Å². The number of furan rings is 1. The lowest BCUT2D eigenvalue weighted by Crippen LogP contribution is -2.31. The largest absolute Gasteiger partial charge is 0.453 e. The fraction of sp³-hybridized carbons (Fsp3) is 0.200. The molecule has 0 saturated carbocycles. The Morgan fingerprint density at radius 3 is 2.61 bits per heavy atom. The first kappa shape index (κ1) is 11.6. The van der Waals surface area contributed by atoms with Crippen LogP contribution in [0.5, 0.6) is 0 Å². The Morgan fingerprint density at radius 1 is 0.929 bits per heavy atom. The van der Waals surface area contributed by atoms with E-state index in [1.807, 2.05) is 44.3 Å². The van der Waals surface area contributed by atoms with Gasteiger partial charge in [0.1, 0.15) is 12.6 Å². The summed E-state index contributed by atoms with van der Waals surface area (Å²) in [5.41, 5.74) is 6.04. The minimum absolute atomic E-state index is 0.205. The highest BCUT2D eigenvalue weighted by molar-refractivity contribution is 6.10. The number of aromatic nitrogens is 2. The Morgan fingerprint density at radius 2 is 1.79 bits per heavy atom. The van der Waals surface area contributed by atoms with Gasteiger partial charge in [0.15, 0.2) is 17.4 Å². The van der Waals surface area contributed by atoms with Crippen molar-refractivity contribution in [3.05, 3.63) is 70.9 Å². The molecule has 0 unspecified atom stereocenters. The van der Waals surface area contributed by atoms with Gasteiger partial charge in [0.05, 0.1) is 11.1 Å². The Bertz CT molecular complexity index is 1610. The summed E-state index contributed by atoms with van der Waals surface area (Å²) in [5, 5.41) is 1.47. The van der Waals surface area contributed by atoms with Crippen LogP contribution in [0.2, 0.25) is 0 Å². The lowest BCUT2D eigenvalue weighted by molar-refractivity contribution is -0.660. The van der Waals surface area contributed by atoms with E-state index in [0.717, 1.165) is 22.2 Å². The summed E-state index contributed by atoms with van der Waals surface area (Å²) >= 11 is 0. The fourth-order valence-corrected chi connectivity index (χ4v) is 3.85. The first-order chi connectivity index (χ1) is 15.9. The number of hydrogen-bond acceptors (Lipinski definition) is 2. The Balaban J connectivity index is 1.84. The van der Waals surface area contributed by atoms with E-state index in [1.54, 1.807) is 29.8 Å². The van der Waals surface area contributed by atoms with Crippen LogP contribution in [0.25, 0.3) is 44.2 Å². The number of benzene rings is 2. The minimum atomic E-state index is -2.28. The number of para-hydroxylation sites is 1. The molecule has 0 N–H and O–H groups in total. The molecule has 0 saturated heterocycles. The molecule has 0 aliphatic rings. The van der Waals surface area contributed by atoms with Crippen molar-refractivity contribution in [3.63, 3.8) is 0 Å². The van der Waals surface area contributed by atoms with Crippen molar-refractivity contribution in [1.29, 1.82) is 0 Å². The van der Waals surface area contributed by atoms with E-state index >= 15 is 0 Å². The summed E-state index contributed by atoms with van der Waals surface area (Å²) in [7, 11) is 1.82. The van der Waals surface area contributed by atoms with Gasteiger partial charge in [0.2, 0.25) is 5.69 Å². The van der Waals surface area contributed by atoms with Crippen molar-refractivity contribution in [1.82, 2.24) is 4.98 Å². The van der Waals surface area contributed by atoms with Crippen molar-refractivity contribution in [2.24, 2.45) is 7.05 Å². The molecule has 0 fully saturated rings. The first-order valence-corrected chi connectivity index (χ1v) is 9.13. The second-order valence-electron chi connectivity index (χ2n) is 7.31. The predicted octanol–water partition coefficient (Wildman–Crippen LogP) is 5.86. The van der Waals surface area contributed by atoms with Crippen LogP contribution in [-0.4, -0.2) is 4.98 Å². The zero-order valence-corrected chi connectivity index (χ0v) is 15.9. The first-order valence-electron chi connectivity index (χ1n) is 12.1. The molecule has 2 aromatic carbocycles. The van der Waals surface area contributed by atoms with Crippen LogP contribution >= 0.6 is 0 Å². The number of aryl methyl sites for hydroxylation is 5. The third-order valence-corrected chi connectivity index (χ3v) is 5.38. The van der Waals surface area contributed by atoms with E-state index in [0.29, 0.717) is 38.7 Å². The van der Waals surface area contributed by atoms with E-state index in [4.69, 9.17) is 17.6 Å². The van der Waals surface area contributed by atoms with Crippen molar-refractivity contribution < 1.29 is 17.2 Å². The average Bonchev–Trinajstić information content (AvgIpc) is 3.09. The quantitative estimate of drug-likeness (QED) is 0.345. The molecular weight excluding hydrogens is 344 g/mol. The van der Waals surface area contributed by atoms with Gasteiger partial charge >= 0.3 is 0 Å². The third-order valence-electron chi connectivity index (χ3n) is 5.38. The van der Waals surface area contributed by atoms with Crippen LogP contribution in [0, 0.1) is 27.6 Å². The predicted molar refractivity (Wildman–Crippen MR) is 115 cm³/mol. The maximum absolute atomic E-state index is 7.90. The topological polar surface area (TPSA) is 29.9 Å². The number of pyridine rings is 2. The summed E-state index contributed by atoms with van der Waals surface area (Å²) in [6.45, 7) is -0.710. The van der Waals surface area contributed by atoms with Crippen molar-refractivity contribution >= 4 is 33.0 Å². The van der Waals surface area contributed by atoms with Crippen LogP contribution in [0.4, 0.5) is 0 Å². The molecule has 5 aromatic rings. The van der Waals surface area contributed by atoms with Gasteiger partial charge < -0.3 is 4.42 Å². The van der Waals surface area contributed by atoms with E-state index in [9.17, 15) is 0 Å². The lowest BCUT2D eigenvalue weighted by atomic mass is 9.99. The van der Waals surface area contributed by atoms with Crippen molar-refractivity contribution in [3.8, 4) is 11.3 Å². The maximum atomic E-state index is 7.90. The number of rotatable bonds is 1. The zero-order chi connectivity index (χ0) is 24.6. The fourth-order valence-electron chi connectivity index (χ4n) is 3.85. The summed E-state index contributed by atoms with van der Waals surface area (Å²) in [6, 6.07) is 12.7. The van der Waals surface area contributed by atoms with Gasteiger partial charge in [-0.15, -0.1) is 0 Å². The molecule has 0 spiro atoms. The highest BCUT2D eigenvalue weighted by Gasteiger charge is 2.22. The van der Waals surface area contributed by atoms with Gasteiger partial charge in [-0.2, -0.15) is 0 Å². The van der Waals surface area contributed by atoms with E-state index in [1.165, 1.54) is 0 Å². The van der Waals surface area contributed by atoms with E-state index < -0.39 is 13.7 Å². The smallest absolute Gasteiger partial charge is 0.216 e. The highest BCUT2D eigenvalue weighted by Crippen LogP contribution is 2.37.